The molecule has 2 fully saturated rings. The molecule has 3 rings (SSSR count). The van der Waals surface area contributed by atoms with E-state index in [9.17, 15) is 5.11 Å². The fourth-order valence-corrected chi connectivity index (χ4v) is 3.16. The number of ether oxygens (including phenoxy) is 1. The molecule has 1 N–H and O–H groups in total. The van der Waals surface area contributed by atoms with E-state index in [1.807, 2.05) is 24.0 Å². The van der Waals surface area contributed by atoms with E-state index in [4.69, 9.17) is 4.74 Å². The molecule has 5 nitrogen and oxygen atoms in total. The van der Waals surface area contributed by atoms with Crippen molar-refractivity contribution in [1.29, 1.82) is 0 Å². The summed E-state index contributed by atoms with van der Waals surface area (Å²) in [4.78, 5) is 2.37. The van der Waals surface area contributed by atoms with Crippen LogP contribution in [0.15, 0.2) is 12.3 Å². The summed E-state index contributed by atoms with van der Waals surface area (Å²) < 4.78 is 7.77. The van der Waals surface area contributed by atoms with Crippen molar-refractivity contribution in [2.24, 2.45) is 7.05 Å². The molecule has 18 heavy (non-hydrogen) atoms. The second kappa shape index (κ2) is 4.64. The normalized spacial score (nSPS) is 33.3. The Morgan fingerprint density at radius 3 is 3.17 bits per heavy atom. The molecule has 0 unspecified atom stereocenters. The summed E-state index contributed by atoms with van der Waals surface area (Å²) in [6.07, 6.45) is 4.38. The number of nitrogens with zero attached hydrogens (tertiary/aromatic N) is 3. The average Bonchev–Trinajstić information content (AvgIpc) is 2.96. The van der Waals surface area contributed by atoms with E-state index in [0.29, 0.717) is 0 Å². The first-order chi connectivity index (χ1) is 8.70. The fraction of sp³-hybridized carbons (Fsp3) is 0.769. The predicted octanol–water partition coefficient (Wildman–Crippen LogP) is 0.536. The minimum Gasteiger partial charge on any atom is -0.390 e. The number of aryl methyl sites for hydroxylation is 1. The van der Waals surface area contributed by atoms with Crippen molar-refractivity contribution in [3.63, 3.8) is 0 Å². The Morgan fingerprint density at radius 1 is 1.61 bits per heavy atom. The van der Waals surface area contributed by atoms with Crippen LogP contribution < -0.4 is 0 Å². The highest BCUT2D eigenvalue weighted by Gasteiger charge is 2.46. The molecule has 0 amide bonds. The van der Waals surface area contributed by atoms with Crippen LogP contribution >= 0.6 is 0 Å². The lowest BCUT2D eigenvalue weighted by atomic mass is 9.87. The van der Waals surface area contributed by atoms with E-state index in [0.717, 1.165) is 45.5 Å². The van der Waals surface area contributed by atoms with Crippen molar-refractivity contribution < 1.29 is 9.84 Å². The molecule has 5 heteroatoms. The summed E-state index contributed by atoms with van der Waals surface area (Å²) in [5.41, 5.74) is 0.899. The van der Waals surface area contributed by atoms with Gasteiger partial charge in [0.15, 0.2) is 0 Å². The Kier molecular flexibility index (Phi) is 3.13. The number of hydrogen-bond acceptors (Lipinski definition) is 4. The minimum absolute atomic E-state index is 0.303. The number of likely N-dealkylation sites (tertiary alicyclic amines) is 1. The molecule has 2 atom stereocenters. The molecule has 3 heterocycles. The molecule has 1 aromatic heterocycles. The lowest BCUT2D eigenvalue weighted by Gasteiger charge is -2.43. The largest absolute Gasteiger partial charge is 0.390 e. The van der Waals surface area contributed by atoms with E-state index in [-0.39, 0.29) is 11.7 Å². The number of rotatable bonds is 2. The van der Waals surface area contributed by atoms with Gasteiger partial charge in [-0.1, -0.05) is 0 Å². The van der Waals surface area contributed by atoms with Gasteiger partial charge >= 0.3 is 0 Å². The fourth-order valence-electron chi connectivity index (χ4n) is 3.16. The minimum atomic E-state index is -0.309. The lowest BCUT2D eigenvalue weighted by Crippen LogP contribution is -2.56. The maximum absolute atomic E-state index is 10.2. The second-order valence-electron chi connectivity index (χ2n) is 5.48. The highest BCUT2D eigenvalue weighted by atomic mass is 16.5. The van der Waals surface area contributed by atoms with Crippen molar-refractivity contribution in [2.75, 3.05) is 19.7 Å². The van der Waals surface area contributed by atoms with Crippen LogP contribution in [0.2, 0.25) is 0 Å². The van der Waals surface area contributed by atoms with Gasteiger partial charge in [-0.15, -0.1) is 0 Å². The number of aliphatic hydroxyl groups is 1. The van der Waals surface area contributed by atoms with Gasteiger partial charge in [0.2, 0.25) is 0 Å². The van der Waals surface area contributed by atoms with Crippen LogP contribution in [-0.2, 0) is 18.3 Å². The third kappa shape index (κ3) is 2.06. The molecule has 100 valence electrons. The Hall–Kier alpha value is -0.910. The summed E-state index contributed by atoms with van der Waals surface area (Å²) in [6.45, 7) is 3.43. The van der Waals surface area contributed by atoms with Crippen LogP contribution in [0, 0.1) is 0 Å². The number of aliphatic hydroxyl groups excluding tert-OH is 1. The second-order valence-corrected chi connectivity index (χ2v) is 5.48. The van der Waals surface area contributed by atoms with Crippen LogP contribution in [-0.4, -0.2) is 51.2 Å². The maximum atomic E-state index is 10.2. The smallest absolute Gasteiger partial charge is 0.107 e. The first-order valence-corrected chi connectivity index (χ1v) is 6.71. The van der Waals surface area contributed by atoms with Gasteiger partial charge in [0.05, 0.1) is 11.8 Å². The van der Waals surface area contributed by atoms with Gasteiger partial charge in [-0.3, -0.25) is 9.58 Å². The predicted molar refractivity (Wildman–Crippen MR) is 67.0 cm³/mol. The Labute approximate surface area is 107 Å². The van der Waals surface area contributed by atoms with Crippen molar-refractivity contribution in [3.8, 4) is 0 Å². The van der Waals surface area contributed by atoms with Gasteiger partial charge in [0, 0.05) is 39.5 Å². The van der Waals surface area contributed by atoms with E-state index >= 15 is 0 Å². The molecule has 0 radical (unpaired) electrons. The molecule has 0 aliphatic carbocycles. The van der Waals surface area contributed by atoms with Crippen LogP contribution in [0.1, 0.15) is 25.0 Å². The van der Waals surface area contributed by atoms with Crippen molar-refractivity contribution >= 4 is 0 Å². The summed E-state index contributed by atoms with van der Waals surface area (Å²) in [6, 6.07) is 2.05. The van der Waals surface area contributed by atoms with Gasteiger partial charge in [0.1, 0.15) is 5.60 Å². The molecule has 0 aromatic carbocycles. The third-order valence-electron chi connectivity index (χ3n) is 4.26. The lowest BCUT2D eigenvalue weighted by molar-refractivity contribution is -0.132. The van der Waals surface area contributed by atoms with Gasteiger partial charge in [-0.2, -0.15) is 5.10 Å². The van der Waals surface area contributed by atoms with Gasteiger partial charge < -0.3 is 9.84 Å². The molecular weight excluding hydrogens is 230 g/mol. The monoisotopic (exact) mass is 251 g/mol. The summed E-state index contributed by atoms with van der Waals surface area (Å²) in [7, 11) is 1.97. The van der Waals surface area contributed by atoms with E-state index in [1.54, 1.807) is 0 Å². The average molecular weight is 251 g/mol. The molecule has 2 aliphatic heterocycles. The Morgan fingerprint density at radius 2 is 2.50 bits per heavy atom. The highest BCUT2D eigenvalue weighted by Crippen LogP contribution is 2.35. The van der Waals surface area contributed by atoms with Crippen LogP contribution in [0.4, 0.5) is 0 Å². The van der Waals surface area contributed by atoms with Crippen LogP contribution in [0.25, 0.3) is 0 Å². The van der Waals surface area contributed by atoms with Gasteiger partial charge in [0.25, 0.3) is 0 Å². The zero-order valence-electron chi connectivity index (χ0n) is 10.9. The molecular formula is C13H21N3O2. The topological polar surface area (TPSA) is 50.5 Å². The third-order valence-corrected chi connectivity index (χ3v) is 4.26. The molecule has 1 spiro atoms. The first kappa shape index (κ1) is 12.1. The number of hydrogen-bond donors (Lipinski definition) is 1. The molecule has 0 bridgehead atoms. The first-order valence-electron chi connectivity index (χ1n) is 6.71. The highest BCUT2D eigenvalue weighted by molar-refractivity contribution is 5.03. The molecule has 1 aromatic rings. The van der Waals surface area contributed by atoms with Gasteiger partial charge in [-0.05, 0) is 25.3 Å². The van der Waals surface area contributed by atoms with Crippen LogP contribution in [0.3, 0.4) is 0 Å². The van der Waals surface area contributed by atoms with Crippen molar-refractivity contribution in [2.45, 2.75) is 37.5 Å². The van der Waals surface area contributed by atoms with E-state index < -0.39 is 0 Å². The van der Waals surface area contributed by atoms with Crippen molar-refractivity contribution in [1.82, 2.24) is 14.7 Å². The SMILES string of the molecule is Cn1nccc1CN1CC[C@H](O)[C@]2(CCCO2)C1. The summed E-state index contributed by atoms with van der Waals surface area (Å²) in [5, 5.41) is 14.4. The van der Waals surface area contributed by atoms with E-state index in [1.165, 1.54) is 5.69 Å². The van der Waals surface area contributed by atoms with Crippen molar-refractivity contribution in [3.05, 3.63) is 18.0 Å². The maximum Gasteiger partial charge on any atom is 0.107 e. The quantitative estimate of drug-likeness (QED) is 0.833. The summed E-state index contributed by atoms with van der Waals surface area (Å²) in [5.74, 6) is 0. The zero-order chi connectivity index (χ0) is 12.6. The Balaban J connectivity index is 1.70. The number of aromatic nitrogens is 2. The van der Waals surface area contributed by atoms with E-state index in [2.05, 4.69) is 10.00 Å². The molecule has 0 saturated carbocycles. The number of piperidine rings is 1. The molecule has 2 saturated heterocycles. The molecule has 2 aliphatic rings. The standard InChI is InChI=1S/C13H21N3O2/c1-15-11(3-6-14-15)9-16-7-4-12(17)13(10-16)5-2-8-18-13/h3,6,12,17H,2,4-5,7-10H2,1H3/t12-,13-/m0/s1. The van der Waals surface area contributed by atoms with Crippen LogP contribution in [0.5, 0.6) is 0 Å². The summed E-state index contributed by atoms with van der Waals surface area (Å²) >= 11 is 0. The Bertz CT molecular complexity index is 412. The van der Waals surface area contributed by atoms with Gasteiger partial charge in [-0.25, -0.2) is 0 Å². The zero-order valence-corrected chi connectivity index (χ0v) is 10.9.